The van der Waals surface area contributed by atoms with Crippen molar-refractivity contribution in [2.75, 3.05) is 11.9 Å². The Bertz CT molecular complexity index is 1040. The zero-order valence-corrected chi connectivity index (χ0v) is 17.6. The monoisotopic (exact) mass is 409 g/mol. The summed E-state index contributed by atoms with van der Waals surface area (Å²) >= 11 is 0. The molecule has 4 rings (SSSR count). The molecule has 1 heterocycles. The van der Waals surface area contributed by atoms with Crippen LogP contribution in [-0.4, -0.2) is 23.1 Å². The number of nitrogens with zero attached hydrogens (tertiary/aromatic N) is 3. The van der Waals surface area contributed by atoms with Gasteiger partial charge in [-0.3, -0.25) is 4.79 Å². The first-order chi connectivity index (χ1) is 14.6. The highest BCUT2D eigenvalue weighted by atomic mass is 19.1. The predicted molar refractivity (Wildman–Crippen MR) is 116 cm³/mol. The lowest BCUT2D eigenvalue weighted by atomic mass is 10.1. The van der Waals surface area contributed by atoms with Crippen LogP contribution in [0.4, 0.5) is 10.3 Å². The molecule has 1 aliphatic carbocycles. The first kappa shape index (κ1) is 20.4. The number of hydrogen-bond acceptors (Lipinski definition) is 4. The number of halogens is 1. The molecule has 3 aromatic rings. The number of benzene rings is 2. The molecule has 158 valence electrons. The molecular formula is C24H28FN3O2. The van der Waals surface area contributed by atoms with Crippen molar-refractivity contribution in [3.63, 3.8) is 0 Å². The van der Waals surface area contributed by atoms with Crippen molar-refractivity contribution in [1.82, 2.24) is 9.55 Å². The number of fused-ring (bicyclic) bond motifs is 1. The van der Waals surface area contributed by atoms with E-state index in [2.05, 4.69) is 4.57 Å². The minimum Gasteiger partial charge on any atom is -0.429 e. The molecule has 0 unspecified atom stereocenters. The molecule has 5 nitrogen and oxygen atoms in total. The molecule has 0 amide bonds. The number of rotatable bonds is 6. The molecule has 1 aliphatic rings. The summed E-state index contributed by atoms with van der Waals surface area (Å²) in [6.07, 6.45) is 7.15. The maximum absolute atomic E-state index is 14.6. The fraction of sp³-hybridized carbons (Fsp3) is 0.417. The lowest BCUT2D eigenvalue weighted by molar-refractivity contribution is -0.120. The van der Waals surface area contributed by atoms with E-state index in [1.165, 1.54) is 25.7 Å². The molecule has 0 bridgehead atoms. The van der Waals surface area contributed by atoms with E-state index in [4.69, 9.17) is 9.72 Å². The molecule has 1 aromatic heterocycles. The quantitative estimate of drug-likeness (QED) is 0.396. The van der Waals surface area contributed by atoms with Crippen molar-refractivity contribution in [3.05, 3.63) is 53.3 Å². The van der Waals surface area contributed by atoms with Crippen LogP contribution in [0.3, 0.4) is 0 Å². The first-order valence-electron chi connectivity index (χ1n) is 10.7. The van der Waals surface area contributed by atoms with Gasteiger partial charge in [-0.25, -0.2) is 9.37 Å². The molecule has 2 aromatic carbocycles. The largest absolute Gasteiger partial charge is 0.429 e. The maximum Gasteiger partial charge on any atom is 0.298 e. The van der Waals surface area contributed by atoms with Crippen LogP contribution in [0, 0.1) is 12.7 Å². The number of carbonyl (C=O) groups is 1. The lowest BCUT2D eigenvalue weighted by Crippen LogP contribution is -2.23. The van der Waals surface area contributed by atoms with Gasteiger partial charge in [0.2, 0.25) is 5.95 Å². The van der Waals surface area contributed by atoms with Gasteiger partial charge in [-0.05, 0) is 37.5 Å². The highest BCUT2D eigenvalue weighted by Gasteiger charge is 2.23. The third-order valence-corrected chi connectivity index (χ3v) is 6.04. The number of anilines is 1. The van der Waals surface area contributed by atoms with Gasteiger partial charge in [-0.1, -0.05) is 43.9 Å². The zero-order chi connectivity index (χ0) is 21.1. The maximum atomic E-state index is 14.6. The Morgan fingerprint density at radius 2 is 1.97 bits per heavy atom. The van der Waals surface area contributed by atoms with Crippen molar-refractivity contribution < 1.29 is 13.9 Å². The summed E-state index contributed by atoms with van der Waals surface area (Å²) in [5, 5.41) is 0. The smallest absolute Gasteiger partial charge is 0.298 e. The SMILES string of the molecule is Cc1cccc(CN(C)c2nc3cc(OC=O)ccc3n2C2CCCCCC2)c1F. The second-order valence-electron chi connectivity index (χ2n) is 8.20. The van der Waals surface area contributed by atoms with Gasteiger partial charge in [-0.2, -0.15) is 0 Å². The van der Waals surface area contributed by atoms with E-state index in [1.807, 2.05) is 30.1 Å². The number of ether oxygens (including phenoxy) is 1. The topological polar surface area (TPSA) is 47.4 Å². The Labute approximate surface area is 176 Å². The standard InChI is InChI=1S/C24H28FN3O2/c1-17-8-7-9-18(23(17)25)15-27(2)24-26-21-14-20(30-16-29)12-13-22(21)28(24)19-10-5-3-4-6-11-19/h7-9,12-14,16,19H,3-6,10-11,15H2,1-2H3. The van der Waals surface area contributed by atoms with Gasteiger partial charge in [0.25, 0.3) is 6.47 Å². The molecule has 0 radical (unpaired) electrons. The van der Waals surface area contributed by atoms with Gasteiger partial charge in [0, 0.05) is 31.3 Å². The zero-order valence-electron chi connectivity index (χ0n) is 17.6. The Balaban J connectivity index is 1.76. The molecule has 0 spiro atoms. The third-order valence-electron chi connectivity index (χ3n) is 6.04. The van der Waals surface area contributed by atoms with Crippen molar-refractivity contribution in [2.45, 2.75) is 58.0 Å². The number of hydrogen-bond donors (Lipinski definition) is 0. The second kappa shape index (κ2) is 8.86. The summed E-state index contributed by atoms with van der Waals surface area (Å²) in [6, 6.07) is 11.4. The van der Waals surface area contributed by atoms with Crippen molar-refractivity contribution in [1.29, 1.82) is 0 Å². The van der Waals surface area contributed by atoms with E-state index in [0.29, 0.717) is 35.9 Å². The van der Waals surface area contributed by atoms with Crippen LogP contribution in [0.5, 0.6) is 5.75 Å². The highest BCUT2D eigenvalue weighted by Crippen LogP contribution is 2.36. The summed E-state index contributed by atoms with van der Waals surface area (Å²) < 4.78 is 22.0. The van der Waals surface area contributed by atoms with Gasteiger partial charge in [0.05, 0.1) is 11.0 Å². The highest BCUT2D eigenvalue weighted by molar-refractivity contribution is 5.81. The summed E-state index contributed by atoms with van der Waals surface area (Å²) in [7, 11) is 1.96. The Morgan fingerprint density at radius 3 is 2.70 bits per heavy atom. The summed E-state index contributed by atoms with van der Waals surface area (Å²) in [4.78, 5) is 17.6. The van der Waals surface area contributed by atoms with Crippen molar-refractivity contribution >= 4 is 23.5 Å². The van der Waals surface area contributed by atoms with E-state index in [0.717, 1.165) is 29.8 Å². The van der Waals surface area contributed by atoms with Crippen LogP contribution in [0.2, 0.25) is 0 Å². The second-order valence-corrected chi connectivity index (χ2v) is 8.20. The Hall–Kier alpha value is -2.89. The first-order valence-corrected chi connectivity index (χ1v) is 10.7. The summed E-state index contributed by atoms with van der Waals surface area (Å²) in [6.45, 7) is 2.65. The molecular weight excluding hydrogens is 381 g/mol. The average molecular weight is 410 g/mol. The van der Waals surface area contributed by atoms with Crippen molar-refractivity contribution in [2.24, 2.45) is 0 Å². The molecule has 1 saturated carbocycles. The lowest BCUT2D eigenvalue weighted by Gasteiger charge is -2.25. The van der Waals surface area contributed by atoms with Crippen molar-refractivity contribution in [3.8, 4) is 5.75 Å². The van der Waals surface area contributed by atoms with E-state index >= 15 is 0 Å². The van der Waals surface area contributed by atoms with E-state index in [9.17, 15) is 9.18 Å². The predicted octanol–water partition coefficient (Wildman–Crippen LogP) is 5.55. The van der Waals surface area contributed by atoms with Gasteiger partial charge >= 0.3 is 0 Å². The molecule has 0 atom stereocenters. The average Bonchev–Trinajstić information content (AvgIpc) is 2.91. The van der Waals surface area contributed by atoms with Crippen LogP contribution in [-0.2, 0) is 11.3 Å². The number of aryl methyl sites for hydroxylation is 1. The van der Waals surface area contributed by atoms with Gasteiger partial charge in [0.15, 0.2) is 0 Å². The number of aromatic nitrogens is 2. The fourth-order valence-corrected chi connectivity index (χ4v) is 4.50. The fourth-order valence-electron chi connectivity index (χ4n) is 4.50. The normalized spacial score (nSPS) is 15.2. The molecule has 6 heteroatoms. The van der Waals surface area contributed by atoms with Crippen LogP contribution >= 0.6 is 0 Å². The summed E-state index contributed by atoms with van der Waals surface area (Å²) in [5.74, 6) is 1.13. The van der Waals surface area contributed by atoms with Crippen LogP contribution < -0.4 is 9.64 Å². The van der Waals surface area contributed by atoms with Crippen LogP contribution in [0.1, 0.15) is 55.7 Å². The van der Waals surface area contributed by atoms with Gasteiger partial charge in [-0.15, -0.1) is 0 Å². The van der Waals surface area contributed by atoms with E-state index < -0.39 is 0 Å². The molecule has 0 saturated heterocycles. The summed E-state index contributed by atoms with van der Waals surface area (Å²) in [5.41, 5.74) is 3.10. The number of carbonyl (C=O) groups excluding carboxylic acids is 1. The van der Waals surface area contributed by atoms with Crippen LogP contribution in [0.25, 0.3) is 11.0 Å². The molecule has 1 fully saturated rings. The third kappa shape index (κ3) is 4.04. The minimum absolute atomic E-state index is 0.164. The van der Waals surface area contributed by atoms with E-state index in [1.54, 1.807) is 25.1 Å². The number of imidazole rings is 1. The van der Waals surface area contributed by atoms with Gasteiger partial charge < -0.3 is 14.2 Å². The van der Waals surface area contributed by atoms with Crippen LogP contribution in [0.15, 0.2) is 36.4 Å². The Kier molecular flexibility index (Phi) is 6.02. The molecule has 0 aliphatic heterocycles. The van der Waals surface area contributed by atoms with Gasteiger partial charge in [0.1, 0.15) is 11.6 Å². The van der Waals surface area contributed by atoms with E-state index in [-0.39, 0.29) is 5.82 Å². The molecule has 0 N–H and O–H groups in total. The minimum atomic E-state index is -0.164. The molecule has 30 heavy (non-hydrogen) atoms. The Morgan fingerprint density at radius 1 is 1.20 bits per heavy atom.